The Balaban J connectivity index is 2.07. The Morgan fingerprint density at radius 2 is 2.11 bits per heavy atom. The van der Waals surface area contributed by atoms with Gasteiger partial charge in [-0.2, -0.15) is 0 Å². The summed E-state index contributed by atoms with van der Waals surface area (Å²) in [5, 5.41) is 0. The van der Waals surface area contributed by atoms with E-state index < -0.39 is 0 Å². The zero-order valence-corrected chi connectivity index (χ0v) is 14.6. The zero-order chi connectivity index (χ0) is 14.0. The number of piperidine rings is 1. The molecule has 1 fully saturated rings. The Kier molecular flexibility index (Phi) is 5.25. The normalized spacial score (nSPS) is 18.4. The van der Waals surface area contributed by atoms with Gasteiger partial charge in [-0.05, 0) is 82.4 Å². The standard InChI is InChI=1S/C14H18BrIN2O/c1-9(17)10-4-6-18(7-5-10)14(19)12-8-11(16)2-3-13(12)15/h2-3,8-10H,4-7,17H2,1H3. The summed E-state index contributed by atoms with van der Waals surface area (Å²) < 4.78 is 1.95. The molecule has 0 bridgehead atoms. The Morgan fingerprint density at radius 1 is 1.47 bits per heavy atom. The van der Waals surface area contributed by atoms with Crippen LogP contribution in [0.5, 0.6) is 0 Å². The van der Waals surface area contributed by atoms with Crippen molar-refractivity contribution in [1.82, 2.24) is 4.90 Å². The molecule has 3 nitrogen and oxygen atoms in total. The van der Waals surface area contributed by atoms with Gasteiger partial charge in [0.15, 0.2) is 0 Å². The highest BCUT2D eigenvalue weighted by Crippen LogP contribution is 2.25. The lowest BCUT2D eigenvalue weighted by Crippen LogP contribution is -2.42. The molecule has 2 N–H and O–H groups in total. The van der Waals surface area contributed by atoms with Gasteiger partial charge in [0.2, 0.25) is 0 Å². The van der Waals surface area contributed by atoms with Crippen LogP contribution in [0.1, 0.15) is 30.1 Å². The number of halogens is 2. The van der Waals surface area contributed by atoms with Crippen molar-refractivity contribution in [3.8, 4) is 0 Å². The highest BCUT2D eigenvalue weighted by atomic mass is 127. The SMILES string of the molecule is CC(N)C1CCN(C(=O)c2cc(I)ccc2Br)CC1. The Labute approximate surface area is 136 Å². The van der Waals surface area contributed by atoms with E-state index in [4.69, 9.17) is 5.73 Å². The summed E-state index contributed by atoms with van der Waals surface area (Å²) in [6, 6.07) is 6.08. The second kappa shape index (κ2) is 6.54. The monoisotopic (exact) mass is 436 g/mol. The number of carbonyl (C=O) groups is 1. The minimum absolute atomic E-state index is 0.119. The minimum Gasteiger partial charge on any atom is -0.339 e. The van der Waals surface area contributed by atoms with E-state index in [0.717, 1.165) is 39.5 Å². The van der Waals surface area contributed by atoms with Gasteiger partial charge in [0.05, 0.1) is 5.56 Å². The molecule has 1 aliphatic rings. The van der Waals surface area contributed by atoms with E-state index in [2.05, 4.69) is 45.4 Å². The fourth-order valence-electron chi connectivity index (χ4n) is 2.46. The van der Waals surface area contributed by atoms with Gasteiger partial charge in [-0.1, -0.05) is 0 Å². The van der Waals surface area contributed by atoms with Crippen molar-refractivity contribution in [1.29, 1.82) is 0 Å². The van der Waals surface area contributed by atoms with Crippen LogP contribution in [0.2, 0.25) is 0 Å². The van der Waals surface area contributed by atoms with Gasteiger partial charge in [-0.15, -0.1) is 0 Å². The molecule has 1 atom stereocenters. The molecular formula is C14H18BrIN2O. The van der Waals surface area contributed by atoms with Crippen molar-refractivity contribution in [3.63, 3.8) is 0 Å². The highest BCUT2D eigenvalue weighted by molar-refractivity contribution is 14.1. The lowest BCUT2D eigenvalue weighted by Gasteiger charge is -2.34. The largest absolute Gasteiger partial charge is 0.339 e. The van der Waals surface area contributed by atoms with Gasteiger partial charge in [0.25, 0.3) is 5.91 Å². The van der Waals surface area contributed by atoms with E-state index in [1.807, 2.05) is 23.1 Å². The van der Waals surface area contributed by atoms with Crippen LogP contribution in [-0.2, 0) is 0 Å². The number of hydrogen-bond acceptors (Lipinski definition) is 2. The molecule has 1 saturated heterocycles. The van der Waals surface area contributed by atoms with Crippen LogP contribution >= 0.6 is 38.5 Å². The molecule has 1 heterocycles. The van der Waals surface area contributed by atoms with E-state index in [1.165, 1.54) is 0 Å². The van der Waals surface area contributed by atoms with Crippen molar-refractivity contribution < 1.29 is 4.79 Å². The average Bonchev–Trinajstić information content (AvgIpc) is 2.41. The summed E-state index contributed by atoms with van der Waals surface area (Å²) in [7, 11) is 0. The predicted octanol–water partition coefficient (Wildman–Crippen LogP) is 3.25. The lowest BCUT2D eigenvalue weighted by atomic mass is 9.90. The summed E-state index contributed by atoms with van der Waals surface area (Å²) in [5.41, 5.74) is 6.69. The second-order valence-electron chi connectivity index (χ2n) is 5.11. The number of benzene rings is 1. The van der Waals surface area contributed by atoms with Gasteiger partial charge in [-0.3, -0.25) is 4.79 Å². The number of carbonyl (C=O) groups excluding carboxylic acids is 1. The van der Waals surface area contributed by atoms with Crippen LogP contribution in [0, 0.1) is 9.49 Å². The molecule has 0 aliphatic carbocycles. The molecule has 0 radical (unpaired) electrons. The number of rotatable bonds is 2. The molecule has 0 aromatic heterocycles. The van der Waals surface area contributed by atoms with Crippen LogP contribution in [0.3, 0.4) is 0 Å². The number of amides is 1. The third kappa shape index (κ3) is 3.70. The van der Waals surface area contributed by atoms with Crippen molar-refractivity contribution in [3.05, 3.63) is 31.8 Å². The Hall–Kier alpha value is -0.140. The van der Waals surface area contributed by atoms with Gasteiger partial charge in [0, 0.05) is 27.2 Å². The maximum Gasteiger partial charge on any atom is 0.255 e. The van der Waals surface area contributed by atoms with Gasteiger partial charge in [-0.25, -0.2) is 0 Å². The topological polar surface area (TPSA) is 46.3 Å². The molecule has 0 spiro atoms. The lowest BCUT2D eigenvalue weighted by molar-refractivity contribution is 0.0680. The molecule has 0 saturated carbocycles. The summed E-state index contributed by atoms with van der Waals surface area (Å²) in [6.45, 7) is 3.67. The molecule has 5 heteroatoms. The van der Waals surface area contributed by atoms with Crippen LogP contribution < -0.4 is 5.73 Å². The molecule has 104 valence electrons. The third-order valence-corrected chi connectivity index (χ3v) is 5.09. The zero-order valence-electron chi connectivity index (χ0n) is 10.9. The summed E-state index contributed by atoms with van der Waals surface area (Å²) >= 11 is 5.69. The minimum atomic E-state index is 0.119. The molecule has 1 aliphatic heterocycles. The molecule has 1 aromatic rings. The van der Waals surface area contributed by atoms with Crippen LogP contribution in [-0.4, -0.2) is 29.9 Å². The van der Waals surface area contributed by atoms with Gasteiger partial charge >= 0.3 is 0 Å². The Morgan fingerprint density at radius 3 is 2.68 bits per heavy atom. The molecule has 2 rings (SSSR count). The van der Waals surface area contributed by atoms with E-state index in [1.54, 1.807) is 0 Å². The second-order valence-corrected chi connectivity index (χ2v) is 7.21. The van der Waals surface area contributed by atoms with Crippen molar-refractivity contribution in [2.24, 2.45) is 11.7 Å². The van der Waals surface area contributed by atoms with E-state index in [9.17, 15) is 4.79 Å². The third-order valence-electron chi connectivity index (χ3n) is 3.73. The van der Waals surface area contributed by atoms with Crippen molar-refractivity contribution in [2.45, 2.75) is 25.8 Å². The number of hydrogen-bond donors (Lipinski definition) is 1. The first-order valence-electron chi connectivity index (χ1n) is 6.49. The van der Waals surface area contributed by atoms with Crippen LogP contribution in [0.15, 0.2) is 22.7 Å². The molecule has 19 heavy (non-hydrogen) atoms. The molecule has 1 unspecified atom stereocenters. The fourth-order valence-corrected chi connectivity index (χ4v) is 3.37. The maximum atomic E-state index is 12.5. The van der Waals surface area contributed by atoms with Crippen LogP contribution in [0.25, 0.3) is 0 Å². The first-order valence-corrected chi connectivity index (χ1v) is 8.36. The first-order chi connectivity index (χ1) is 8.99. The van der Waals surface area contributed by atoms with Crippen LogP contribution in [0.4, 0.5) is 0 Å². The predicted molar refractivity (Wildman–Crippen MR) is 89.1 cm³/mol. The van der Waals surface area contributed by atoms with Gasteiger partial charge < -0.3 is 10.6 Å². The number of nitrogens with two attached hydrogens (primary N) is 1. The van der Waals surface area contributed by atoms with Crippen molar-refractivity contribution >= 4 is 44.4 Å². The quantitative estimate of drug-likeness (QED) is 0.723. The summed E-state index contributed by atoms with van der Waals surface area (Å²) in [4.78, 5) is 14.5. The van der Waals surface area contributed by atoms with E-state index in [0.29, 0.717) is 5.92 Å². The summed E-state index contributed by atoms with van der Waals surface area (Å²) in [5.74, 6) is 0.664. The van der Waals surface area contributed by atoms with Gasteiger partial charge in [0.1, 0.15) is 0 Å². The smallest absolute Gasteiger partial charge is 0.255 e. The molecule has 1 amide bonds. The number of likely N-dealkylation sites (tertiary alicyclic amines) is 1. The Bertz CT molecular complexity index is 471. The van der Waals surface area contributed by atoms with E-state index >= 15 is 0 Å². The summed E-state index contributed by atoms with van der Waals surface area (Å²) in [6.07, 6.45) is 2.01. The first kappa shape index (κ1) is 15.3. The van der Waals surface area contributed by atoms with Crippen molar-refractivity contribution in [2.75, 3.05) is 13.1 Å². The maximum absolute atomic E-state index is 12.5. The average molecular weight is 437 g/mol. The molecule has 1 aromatic carbocycles. The van der Waals surface area contributed by atoms with E-state index in [-0.39, 0.29) is 11.9 Å². The highest BCUT2D eigenvalue weighted by Gasteiger charge is 2.26. The number of nitrogens with zero attached hydrogens (tertiary/aromatic N) is 1. The fraction of sp³-hybridized carbons (Fsp3) is 0.500. The molecular weight excluding hydrogens is 419 g/mol.